The SMILES string of the molecule is C=CC(=O)N(C)c1ccc(C(=O)N2CC3(CCOCC(=O)N3)C2)cc1. The third kappa shape index (κ3) is 3.41. The summed E-state index contributed by atoms with van der Waals surface area (Å²) in [6, 6.07) is 6.85. The van der Waals surface area contributed by atoms with Gasteiger partial charge < -0.3 is 19.9 Å². The van der Waals surface area contributed by atoms with E-state index in [1.54, 1.807) is 36.2 Å². The van der Waals surface area contributed by atoms with Crippen LogP contribution in [0.2, 0.25) is 0 Å². The zero-order valence-corrected chi connectivity index (χ0v) is 14.2. The minimum Gasteiger partial charge on any atom is -0.372 e. The Morgan fingerprint density at radius 3 is 2.64 bits per heavy atom. The Morgan fingerprint density at radius 2 is 2.00 bits per heavy atom. The second kappa shape index (κ2) is 6.68. The molecular weight excluding hydrogens is 322 g/mol. The molecule has 1 N–H and O–H groups in total. The summed E-state index contributed by atoms with van der Waals surface area (Å²) in [6.45, 7) is 5.02. The predicted octanol–water partition coefficient (Wildman–Crippen LogP) is 0.567. The molecule has 0 aliphatic carbocycles. The first-order chi connectivity index (χ1) is 11.9. The van der Waals surface area contributed by atoms with Crippen LogP contribution in [0, 0.1) is 0 Å². The normalized spacial score (nSPS) is 18.8. The first kappa shape index (κ1) is 17.2. The summed E-state index contributed by atoms with van der Waals surface area (Å²) in [5, 5.41) is 2.96. The van der Waals surface area contributed by atoms with Gasteiger partial charge in [0, 0.05) is 38.0 Å². The summed E-state index contributed by atoms with van der Waals surface area (Å²) < 4.78 is 5.23. The van der Waals surface area contributed by atoms with Crippen molar-refractivity contribution in [3.63, 3.8) is 0 Å². The summed E-state index contributed by atoms with van der Waals surface area (Å²) in [4.78, 5) is 39.0. The highest BCUT2D eigenvalue weighted by Crippen LogP contribution is 2.28. The number of amides is 3. The quantitative estimate of drug-likeness (QED) is 0.814. The number of rotatable bonds is 3. The van der Waals surface area contributed by atoms with Crippen molar-refractivity contribution in [3.05, 3.63) is 42.5 Å². The lowest BCUT2D eigenvalue weighted by molar-refractivity contribution is -0.126. The molecule has 1 aromatic carbocycles. The van der Waals surface area contributed by atoms with Crippen molar-refractivity contribution in [2.45, 2.75) is 12.0 Å². The van der Waals surface area contributed by atoms with E-state index in [1.807, 2.05) is 0 Å². The zero-order valence-electron chi connectivity index (χ0n) is 14.2. The van der Waals surface area contributed by atoms with Gasteiger partial charge in [-0.15, -0.1) is 0 Å². The molecule has 2 saturated heterocycles. The van der Waals surface area contributed by atoms with E-state index in [-0.39, 0.29) is 29.9 Å². The lowest BCUT2D eigenvalue weighted by Gasteiger charge is -2.49. The fraction of sp³-hybridized carbons (Fsp3) is 0.389. The molecule has 0 unspecified atom stereocenters. The van der Waals surface area contributed by atoms with Crippen LogP contribution < -0.4 is 10.2 Å². The lowest BCUT2D eigenvalue weighted by atomic mass is 9.86. The highest BCUT2D eigenvalue weighted by atomic mass is 16.5. The van der Waals surface area contributed by atoms with E-state index in [4.69, 9.17) is 4.74 Å². The smallest absolute Gasteiger partial charge is 0.254 e. The largest absolute Gasteiger partial charge is 0.372 e. The number of benzene rings is 1. The van der Waals surface area contributed by atoms with Crippen molar-refractivity contribution >= 4 is 23.4 Å². The van der Waals surface area contributed by atoms with Gasteiger partial charge in [0.15, 0.2) is 0 Å². The molecule has 0 saturated carbocycles. The molecule has 0 bridgehead atoms. The number of likely N-dealkylation sites (N-methyl/N-ethyl adjacent to an activating group) is 1. The average molecular weight is 343 g/mol. The van der Waals surface area contributed by atoms with Crippen LogP contribution in [0.5, 0.6) is 0 Å². The highest BCUT2D eigenvalue weighted by Gasteiger charge is 2.46. The van der Waals surface area contributed by atoms with Gasteiger partial charge in [-0.1, -0.05) is 6.58 Å². The Balaban J connectivity index is 1.64. The molecule has 2 heterocycles. The molecule has 0 radical (unpaired) electrons. The van der Waals surface area contributed by atoms with Gasteiger partial charge in [-0.05, 0) is 36.8 Å². The maximum Gasteiger partial charge on any atom is 0.254 e. The Bertz CT molecular complexity index is 708. The van der Waals surface area contributed by atoms with Crippen LogP contribution >= 0.6 is 0 Å². The fourth-order valence-corrected chi connectivity index (χ4v) is 3.17. The number of nitrogens with one attached hydrogen (secondary N) is 1. The van der Waals surface area contributed by atoms with Crippen LogP contribution in [0.15, 0.2) is 36.9 Å². The highest BCUT2D eigenvalue weighted by molar-refractivity contribution is 6.01. The van der Waals surface area contributed by atoms with Gasteiger partial charge in [0.2, 0.25) is 11.8 Å². The van der Waals surface area contributed by atoms with Gasteiger partial charge in [-0.25, -0.2) is 0 Å². The molecule has 2 aliphatic rings. The van der Waals surface area contributed by atoms with Crippen LogP contribution in [0.3, 0.4) is 0 Å². The molecule has 2 fully saturated rings. The van der Waals surface area contributed by atoms with E-state index in [1.165, 1.54) is 11.0 Å². The summed E-state index contributed by atoms with van der Waals surface area (Å²) in [5.74, 6) is -0.437. The van der Waals surface area contributed by atoms with Crippen molar-refractivity contribution in [3.8, 4) is 0 Å². The van der Waals surface area contributed by atoms with Crippen molar-refractivity contribution in [2.75, 3.05) is 38.3 Å². The van der Waals surface area contributed by atoms with Gasteiger partial charge in [-0.2, -0.15) is 0 Å². The third-order valence-electron chi connectivity index (χ3n) is 4.64. The maximum atomic E-state index is 12.6. The number of carbonyl (C=O) groups is 3. The van der Waals surface area contributed by atoms with Crippen LogP contribution in [-0.2, 0) is 14.3 Å². The molecule has 7 heteroatoms. The minimum atomic E-state index is -0.361. The molecule has 3 rings (SSSR count). The van der Waals surface area contributed by atoms with Gasteiger partial charge in [0.1, 0.15) is 6.61 Å². The number of anilines is 1. The van der Waals surface area contributed by atoms with Crippen molar-refractivity contribution in [1.82, 2.24) is 10.2 Å². The van der Waals surface area contributed by atoms with Crippen LogP contribution in [0.25, 0.3) is 0 Å². The Labute approximate surface area is 146 Å². The molecule has 3 amide bonds. The van der Waals surface area contributed by atoms with Crippen molar-refractivity contribution in [1.29, 1.82) is 0 Å². The Hall–Kier alpha value is -2.67. The third-order valence-corrected chi connectivity index (χ3v) is 4.64. The Kier molecular flexibility index (Phi) is 4.59. The number of likely N-dealkylation sites (tertiary alicyclic amines) is 1. The topological polar surface area (TPSA) is 79.0 Å². The average Bonchev–Trinajstić information content (AvgIpc) is 2.80. The number of carbonyl (C=O) groups excluding carboxylic acids is 3. The van der Waals surface area contributed by atoms with E-state index in [9.17, 15) is 14.4 Å². The van der Waals surface area contributed by atoms with Crippen LogP contribution in [-0.4, -0.2) is 61.5 Å². The lowest BCUT2D eigenvalue weighted by Crippen LogP contribution is -2.71. The molecule has 2 aliphatic heterocycles. The number of hydrogen-bond donors (Lipinski definition) is 1. The maximum absolute atomic E-state index is 12.6. The number of nitrogens with zero attached hydrogens (tertiary/aromatic N) is 2. The summed E-state index contributed by atoms with van der Waals surface area (Å²) in [7, 11) is 1.65. The number of ether oxygens (including phenoxy) is 1. The molecule has 25 heavy (non-hydrogen) atoms. The number of hydrogen-bond acceptors (Lipinski definition) is 4. The van der Waals surface area contributed by atoms with E-state index in [2.05, 4.69) is 11.9 Å². The van der Waals surface area contributed by atoms with Crippen LogP contribution in [0.4, 0.5) is 5.69 Å². The Morgan fingerprint density at radius 1 is 1.32 bits per heavy atom. The van der Waals surface area contributed by atoms with E-state index in [0.29, 0.717) is 37.4 Å². The second-order valence-electron chi connectivity index (χ2n) is 6.44. The van der Waals surface area contributed by atoms with Crippen molar-refractivity contribution < 1.29 is 19.1 Å². The summed E-state index contributed by atoms with van der Waals surface area (Å²) in [6.07, 6.45) is 1.94. The molecule has 0 aromatic heterocycles. The summed E-state index contributed by atoms with van der Waals surface area (Å²) in [5.41, 5.74) is 0.878. The minimum absolute atomic E-state index is 0.0775. The molecule has 0 atom stereocenters. The van der Waals surface area contributed by atoms with Crippen molar-refractivity contribution in [2.24, 2.45) is 0 Å². The van der Waals surface area contributed by atoms with Gasteiger partial charge in [-0.3, -0.25) is 14.4 Å². The van der Waals surface area contributed by atoms with Gasteiger partial charge >= 0.3 is 0 Å². The second-order valence-corrected chi connectivity index (χ2v) is 6.44. The molecular formula is C18H21N3O4. The van der Waals surface area contributed by atoms with E-state index >= 15 is 0 Å². The molecule has 132 valence electrons. The standard InChI is InChI=1S/C18H21N3O4/c1-3-16(23)20(2)14-6-4-13(5-7-14)17(24)21-11-18(12-21)8-9-25-10-15(22)19-18/h3-7H,1,8-12H2,2H3,(H,19,22). The monoisotopic (exact) mass is 343 g/mol. The molecule has 1 aromatic rings. The first-order valence-corrected chi connectivity index (χ1v) is 8.12. The van der Waals surface area contributed by atoms with Gasteiger partial charge in [0.05, 0.1) is 5.54 Å². The fourth-order valence-electron chi connectivity index (χ4n) is 3.17. The predicted molar refractivity (Wildman–Crippen MR) is 92.3 cm³/mol. The van der Waals surface area contributed by atoms with E-state index in [0.717, 1.165) is 0 Å². The summed E-state index contributed by atoms with van der Waals surface area (Å²) >= 11 is 0. The first-order valence-electron chi connectivity index (χ1n) is 8.12. The van der Waals surface area contributed by atoms with Crippen LogP contribution in [0.1, 0.15) is 16.8 Å². The molecule has 7 nitrogen and oxygen atoms in total. The zero-order chi connectivity index (χ0) is 18.0. The molecule has 1 spiro atoms. The van der Waals surface area contributed by atoms with E-state index < -0.39 is 0 Å². The van der Waals surface area contributed by atoms with Gasteiger partial charge in [0.25, 0.3) is 5.91 Å².